The molecule has 0 radical (unpaired) electrons. The van der Waals surface area contributed by atoms with Crippen molar-refractivity contribution in [1.82, 2.24) is 4.90 Å². The molecular formula is C16H21N3O. The zero-order valence-electron chi connectivity index (χ0n) is 12.1. The Kier molecular flexibility index (Phi) is 4.75. The van der Waals surface area contributed by atoms with E-state index in [9.17, 15) is 4.79 Å². The van der Waals surface area contributed by atoms with Crippen molar-refractivity contribution >= 4 is 11.6 Å². The van der Waals surface area contributed by atoms with Crippen LogP contribution in [0.2, 0.25) is 0 Å². The van der Waals surface area contributed by atoms with Gasteiger partial charge in [0.1, 0.15) is 6.07 Å². The smallest absolute Gasteiger partial charge is 0.238 e. The summed E-state index contributed by atoms with van der Waals surface area (Å²) >= 11 is 0. The van der Waals surface area contributed by atoms with Crippen LogP contribution in [0.3, 0.4) is 0 Å². The van der Waals surface area contributed by atoms with E-state index < -0.39 is 0 Å². The van der Waals surface area contributed by atoms with Gasteiger partial charge in [0, 0.05) is 6.04 Å². The van der Waals surface area contributed by atoms with Gasteiger partial charge in [-0.3, -0.25) is 9.69 Å². The number of amides is 1. The lowest BCUT2D eigenvalue weighted by Gasteiger charge is -2.37. The molecular weight excluding hydrogens is 250 g/mol. The number of hydrogen-bond acceptors (Lipinski definition) is 3. The van der Waals surface area contributed by atoms with E-state index in [0.717, 1.165) is 13.0 Å². The van der Waals surface area contributed by atoms with Crippen LogP contribution in [0, 0.1) is 17.2 Å². The average molecular weight is 271 g/mol. The van der Waals surface area contributed by atoms with Crippen LogP contribution >= 0.6 is 0 Å². The van der Waals surface area contributed by atoms with Crippen LogP contribution in [0.5, 0.6) is 0 Å². The third-order valence-electron chi connectivity index (χ3n) is 4.17. The highest BCUT2D eigenvalue weighted by Gasteiger charge is 2.26. The summed E-state index contributed by atoms with van der Waals surface area (Å²) in [5.74, 6) is 0.580. The summed E-state index contributed by atoms with van der Waals surface area (Å²) < 4.78 is 0. The summed E-state index contributed by atoms with van der Waals surface area (Å²) in [6.45, 7) is 5.78. The largest absolute Gasteiger partial charge is 0.324 e. The molecule has 1 heterocycles. The molecule has 1 aliphatic heterocycles. The average Bonchev–Trinajstić information content (AvgIpc) is 2.44. The first-order valence-electron chi connectivity index (χ1n) is 7.15. The van der Waals surface area contributed by atoms with Gasteiger partial charge in [-0.2, -0.15) is 5.26 Å². The van der Waals surface area contributed by atoms with E-state index in [-0.39, 0.29) is 5.91 Å². The standard InChI is InChI=1S/C16H21N3O/c1-12-6-5-9-19(13(12)2)11-16(20)18-15-8-4-3-7-14(15)10-17/h3-4,7-8,12-13H,5-6,9,11H2,1-2H3,(H,18,20). The van der Waals surface area contributed by atoms with Crippen molar-refractivity contribution in [2.45, 2.75) is 32.7 Å². The molecule has 1 N–H and O–H groups in total. The van der Waals surface area contributed by atoms with Gasteiger partial charge in [0.15, 0.2) is 0 Å². The number of nitriles is 1. The molecule has 2 rings (SSSR count). The number of carbonyl (C=O) groups is 1. The summed E-state index contributed by atoms with van der Waals surface area (Å²) in [6, 6.07) is 9.61. The van der Waals surface area contributed by atoms with Crippen LogP contribution in [0.25, 0.3) is 0 Å². The predicted molar refractivity (Wildman–Crippen MR) is 79.2 cm³/mol. The van der Waals surface area contributed by atoms with Gasteiger partial charge in [-0.25, -0.2) is 0 Å². The molecule has 106 valence electrons. The first kappa shape index (κ1) is 14.5. The molecule has 1 fully saturated rings. The van der Waals surface area contributed by atoms with Crippen molar-refractivity contribution in [3.05, 3.63) is 29.8 Å². The molecule has 0 bridgehead atoms. The molecule has 1 saturated heterocycles. The maximum Gasteiger partial charge on any atom is 0.238 e. The second-order valence-corrected chi connectivity index (χ2v) is 5.54. The van der Waals surface area contributed by atoms with E-state index in [1.54, 1.807) is 18.2 Å². The number of carbonyl (C=O) groups excluding carboxylic acids is 1. The van der Waals surface area contributed by atoms with E-state index in [4.69, 9.17) is 5.26 Å². The monoisotopic (exact) mass is 271 g/mol. The number of para-hydroxylation sites is 1. The summed E-state index contributed by atoms with van der Waals surface area (Å²) in [5, 5.41) is 11.9. The van der Waals surface area contributed by atoms with Crippen LogP contribution in [-0.4, -0.2) is 29.9 Å². The summed E-state index contributed by atoms with van der Waals surface area (Å²) in [7, 11) is 0. The van der Waals surface area contributed by atoms with Gasteiger partial charge < -0.3 is 5.32 Å². The predicted octanol–water partition coefficient (Wildman–Crippen LogP) is 2.62. The van der Waals surface area contributed by atoms with E-state index in [1.165, 1.54) is 6.42 Å². The van der Waals surface area contributed by atoms with E-state index in [1.807, 2.05) is 6.07 Å². The molecule has 0 aliphatic carbocycles. The number of nitrogens with zero attached hydrogens (tertiary/aromatic N) is 2. The van der Waals surface area contributed by atoms with Crippen LogP contribution in [0.15, 0.2) is 24.3 Å². The fourth-order valence-electron chi connectivity index (χ4n) is 2.71. The first-order valence-corrected chi connectivity index (χ1v) is 7.15. The maximum atomic E-state index is 12.1. The lowest BCUT2D eigenvalue weighted by molar-refractivity contribution is -0.118. The van der Waals surface area contributed by atoms with E-state index in [0.29, 0.717) is 29.8 Å². The third-order valence-corrected chi connectivity index (χ3v) is 4.17. The van der Waals surface area contributed by atoms with E-state index >= 15 is 0 Å². The van der Waals surface area contributed by atoms with Gasteiger partial charge in [-0.1, -0.05) is 19.1 Å². The maximum absolute atomic E-state index is 12.1. The van der Waals surface area contributed by atoms with Crippen LogP contribution < -0.4 is 5.32 Å². The SMILES string of the molecule is CC1CCCN(CC(=O)Nc2ccccc2C#N)C1C. The number of rotatable bonds is 3. The number of likely N-dealkylation sites (tertiary alicyclic amines) is 1. The minimum atomic E-state index is -0.0475. The van der Waals surface area contributed by atoms with Crippen LogP contribution in [0.1, 0.15) is 32.3 Å². The Hall–Kier alpha value is -1.86. The second-order valence-electron chi connectivity index (χ2n) is 5.54. The molecule has 0 spiro atoms. The molecule has 0 saturated carbocycles. The second kappa shape index (κ2) is 6.53. The van der Waals surface area contributed by atoms with Gasteiger partial charge in [-0.15, -0.1) is 0 Å². The molecule has 20 heavy (non-hydrogen) atoms. The highest BCUT2D eigenvalue weighted by Crippen LogP contribution is 2.22. The molecule has 2 atom stereocenters. The quantitative estimate of drug-likeness (QED) is 0.919. The van der Waals surface area contributed by atoms with Crippen molar-refractivity contribution < 1.29 is 4.79 Å². The van der Waals surface area contributed by atoms with Crippen LogP contribution in [-0.2, 0) is 4.79 Å². The number of piperidine rings is 1. The Morgan fingerprint density at radius 3 is 2.95 bits per heavy atom. The summed E-state index contributed by atoms with van der Waals surface area (Å²) in [5.41, 5.74) is 1.10. The fraction of sp³-hybridized carbons (Fsp3) is 0.500. The number of hydrogen-bond donors (Lipinski definition) is 1. The van der Waals surface area contributed by atoms with Gasteiger partial charge in [-0.05, 0) is 44.4 Å². The van der Waals surface area contributed by atoms with Crippen molar-refractivity contribution in [2.24, 2.45) is 5.92 Å². The topological polar surface area (TPSA) is 56.1 Å². The molecule has 4 heteroatoms. The fourth-order valence-corrected chi connectivity index (χ4v) is 2.71. The van der Waals surface area contributed by atoms with Gasteiger partial charge in [0.25, 0.3) is 0 Å². The molecule has 1 amide bonds. The Morgan fingerprint density at radius 2 is 2.20 bits per heavy atom. The van der Waals surface area contributed by atoms with Gasteiger partial charge in [0.05, 0.1) is 17.8 Å². The number of benzene rings is 1. The normalized spacial score (nSPS) is 23.1. The number of anilines is 1. The minimum Gasteiger partial charge on any atom is -0.324 e. The Bertz CT molecular complexity index is 521. The molecule has 1 aromatic rings. The summed E-state index contributed by atoms with van der Waals surface area (Å²) in [4.78, 5) is 14.4. The third kappa shape index (κ3) is 3.37. The van der Waals surface area contributed by atoms with Crippen molar-refractivity contribution in [1.29, 1.82) is 5.26 Å². The Balaban J connectivity index is 1.97. The van der Waals surface area contributed by atoms with Gasteiger partial charge >= 0.3 is 0 Å². The lowest BCUT2D eigenvalue weighted by atomic mass is 9.92. The van der Waals surface area contributed by atoms with Crippen molar-refractivity contribution in [2.75, 3.05) is 18.4 Å². The molecule has 4 nitrogen and oxygen atoms in total. The van der Waals surface area contributed by atoms with Crippen molar-refractivity contribution in [3.63, 3.8) is 0 Å². The Labute approximate surface area is 120 Å². The summed E-state index contributed by atoms with van der Waals surface area (Å²) in [6.07, 6.45) is 2.38. The number of nitrogens with one attached hydrogen (secondary N) is 1. The van der Waals surface area contributed by atoms with Crippen LogP contribution in [0.4, 0.5) is 5.69 Å². The molecule has 1 aromatic carbocycles. The molecule has 1 aliphatic rings. The minimum absolute atomic E-state index is 0.0475. The van der Waals surface area contributed by atoms with E-state index in [2.05, 4.69) is 30.1 Å². The van der Waals surface area contributed by atoms with Gasteiger partial charge in [0.2, 0.25) is 5.91 Å². The first-order chi connectivity index (χ1) is 9.61. The zero-order valence-corrected chi connectivity index (χ0v) is 12.1. The zero-order chi connectivity index (χ0) is 14.5. The highest BCUT2D eigenvalue weighted by atomic mass is 16.2. The highest BCUT2D eigenvalue weighted by molar-refractivity contribution is 5.93. The lowest BCUT2D eigenvalue weighted by Crippen LogP contribution is -2.46. The molecule has 0 aromatic heterocycles. The molecule has 2 unspecified atom stereocenters. The Morgan fingerprint density at radius 1 is 1.45 bits per heavy atom. The van der Waals surface area contributed by atoms with Crippen molar-refractivity contribution in [3.8, 4) is 6.07 Å².